The molecule has 1 amide bonds. The smallest absolute Gasteiger partial charge is 0.407 e. The molecule has 2 atom stereocenters. The molecule has 0 aliphatic carbocycles. The van der Waals surface area contributed by atoms with E-state index in [0.717, 1.165) is 5.75 Å². The molecule has 0 spiro atoms. The van der Waals surface area contributed by atoms with Crippen molar-refractivity contribution in [3.8, 4) is 5.75 Å². The van der Waals surface area contributed by atoms with Gasteiger partial charge >= 0.3 is 6.09 Å². The van der Waals surface area contributed by atoms with Gasteiger partial charge in [-0.25, -0.2) is 4.79 Å². The number of amides is 1. The fraction of sp³-hybridized carbons (Fsp3) is 0.417. The Kier molecular flexibility index (Phi) is 3.49. The molecule has 1 fully saturated rings. The van der Waals surface area contributed by atoms with E-state index < -0.39 is 6.09 Å². The summed E-state index contributed by atoms with van der Waals surface area (Å²) in [5.74, 6) is 0.748. The van der Waals surface area contributed by atoms with Crippen molar-refractivity contribution in [3.05, 3.63) is 30.3 Å². The molecular formula is C12H16N2O3. The summed E-state index contributed by atoms with van der Waals surface area (Å²) in [6.07, 6.45) is -0.279. The summed E-state index contributed by atoms with van der Waals surface area (Å²) in [4.78, 5) is 12.3. The third-order valence-corrected chi connectivity index (χ3v) is 2.88. The lowest BCUT2D eigenvalue weighted by Gasteiger charge is -2.21. The molecule has 1 heterocycles. The summed E-state index contributed by atoms with van der Waals surface area (Å²) >= 11 is 0. The number of hydrogen-bond donors (Lipinski definition) is 2. The molecule has 5 heteroatoms. The van der Waals surface area contributed by atoms with Crippen LogP contribution in [0.1, 0.15) is 6.42 Å². The number of rotatable bonds is 3. The van der Waals surface area contributed by atoms with E-state index in [0.29, 0.717) is 19.6 Å². The maximum atomic E-state index is 11.0. The molecule has 92 valence electrons. The van der Waals surface area contributed by atoms with Gasteiger partial charge in [0.05, 0.1) is 6.04 Å². The second-order valence-corrected chi connectivity index (χ2v) is 4.21. The number of likely N-dealkylation sites (tertiary alicyclic amines) is 1. The lowest BCUT2D eigenvalue weighted by Crippen LogP contribution is -2.38. The molecule has 2 rings (SSSR count). The zero-order valence-electron chi connectivity index (χ0n) is 9.45. The van der Waals surface area contributed by atoms with E-state index >= 15 is 0 Å². The van der Waals surface area contributed by atoms with Crippen LogP contribution in [-0.4, -0.2) is 41.3 Å². The van der Waals surface area contributed by atoms with E-state index in [2.05, 4.69) is 0 Å². The predicted octanol–water partition coefficient (Wildman–Crippen LogP) is 1.14. The molecule has 1 saturated heterocycles. The highest BCUT2D eigenvalue weighted by atomic mass is 16.5. The SMILES string of the molecule is NC1C[C@H](COc2ccccc2)N(C(=O)O)C1. The monoisotopic (exact) mass is 236 g/mol. The van der Waals surface area contributed by atoms with Gasteiger partial charge in [0.2, 0.25) is 0 Å². The number of carbonyl (C=O) groups is 1. The van der Waals surface area contributed by atoms with Crippen molar-refractivity contribution in [1.82, 2.24) is 4.90 Å². The Morgan fingerprint density at radius 3 is 2.82 bits per heavy atom. The highest BCUT2D eigenvalue weighted by molar-refractivity contribution is 5.66. The summed E-state index contributed by atoms with van der Waals surface area (Å²) < 4.78 is 5.56. The van der Waals surface area contributed by atoms with Crippen LogP contribution in [0.4, 0.5) is 4.79 Å². The minimum atomic E-state index is -0.931. The van der Waals surface area contributed by atoms with Crippen LogP contribution in [0, 0.1) is 0 Å². The Morgan fingerprint density at radius 1 is 1.47 bits per heavy atom. The third-order valence-electron chi connectivity index (χ3n) is 2.88. The maximum Gasteiger partial charge on any atom is 0.407 e. The number of nitrogens with zero attached hydrogens (tertiary/aromatic N) is 1. The molecule has 1 aromatic rings. The molecule has 1 aliphatic heterocycles. The molecular weight excluding hydrogens is 220 g/mol. The Hall–Kier alpha value is -1.75. The van der Waals surface area contributed by atoms with Gasteiger partial charge in [0.1, 0.15) is 12.4 Å². The summed E-state index contributed by atoms with van der Waals surface area (Å²) in [5.41, 5.74) is 5.76. The van der Waals surface area contributed by atoms with E-state index in [-0.39, 0.29) is 12.1 Å². The fourth-order valence-electron chi connectivity index (χ4n) is 2.05. The van der Waals surface area contributed by atoms with E-state index in [1.165, 1.54) is 4.90 Å². The molecule has 1 aliphatic rings. The van der Waals surface area contributed by atoms with Crippen molar-refractivity contribution < 1.29 is 14.6 Å². The molecule has 0 saturated carbocycles. The molecule has 0 bridgehead atoms. The van der Waals surface area contributed by atoms with Crippen LogP contribution >= 0.6 is 0 Å². The summed E-state index contributed by atoms with van der Waals surface area (Å²) in [7, 11) is 0. The average Bonchev–Trinajstić information content (AvgIpc) is 2.69. The molecule has 0 aromatic heterocycles. The van der Waals surface area contributed by atoms with Crippen LogP contribution in [0.15, 0.2) is 30.3 Å². The van der Waals surface area contributed by atoms with Gasteiger partial charge in [-0.05, 0) is 18.6 Å². The topological polar surface area (TPSA) is 75.8 Å². The summed E-state index contributed by atoms with van der Waals surface area (Å²) in [6, 6.07) is 9.12. The van der Waals surface area contributed by atoms with Gasteiger partial charge in [-0.1, -0.05) is 18.2 Å². The first kappa shape index (κ1) is 11.7. The number of ether oxygens (including phenoxy) is 1. The normalized spacial score (nSPS) is 23.7. The predicted molar refractivity (Wildman–Crippen MR) is 63.0 cm³/mol. The lowest BCUT2D eigenvalue weighted by molar-refractivity contribution is 0.123. The zero-order valence-corrected chi connectivity index (χ0v) is 9.45. The van der Waals surface area contributed by atoms with E-state index in [1.807, 2.05) is 30.3 Å². The summed E-state index contributed by atoms with van der Waals surface area (Å²) in [6.45, 7) is 0.738. The molecule has 3 N–H and O–H groups in total. The van der Waals surface area contributed by atoms with Crippen molar-refractivity contribution >= 4 is 6.09 Å². The largest absolute Gasteiger partial charge is 0.491 e. The van der Waals surface area contributed by atoms with Crippen LogP contribution in [0.5, 0.6) is 5.75 Å². The average molecular weight is 236 g/mol. The highest BCUT2D eigenvalue weighted by Crippen LogP contribution is 2.18. The number of carboxylic acid groups (broad SMARTS) is 1. The molecule has 5 nitrogen and oxygen atoms in total. The Bertz CT molecular complexity index is 383. The van der Waals surface area contributed by atoms with Crippen molar-refractivity contribution in [2.45, 2.75) is 18.5 Å². The number of benzene rings is 1. The van der Waals surface area contributed by atoms with Crippen LogP contribution < -0.4 is 10.5 Å². The second kappa shape index (κ2) is 5.05. The van der Waals surface area contributed by atoms with Gasteiger partial charge in [-0.15, -0.1) is 0 Å². The maximum absolute atomic E-state index is 11.0. The minimum absolute atomic E-state index is 0.0875. The standard InChI is InChI=1S/C12H16N2O3/c13-9-6-10(14(7-9)12(15)16)8-17-11-4-2-1-3-5-11/h1-5,9-10H,6-8,13H2,(H,15,16)/t9?,10-/m1/s1. The fourth-order valence-corrected chi connectivity index (χ4v) is 2.05. The van der Waals surface area contributed by atoms with Crippen LogP contribution in [0.25, 0.3) is 0 Å². The van der Waals surface area contributed by atoms with E-state index in [1.54, 1.807) is 0 Å². The Balaban J connectivity index is 1.92. The summed E-state index contributed by atoms with van der Waals surface area (Å²) in [5, 5.41) is 9.01. The second-order valence-electron chi connectivity index (χ2n) is 4.21. The molecule has 1 aromatic carbocycles. The van der Waals surface area contributed by atoms with Gasteiger partial charge < -0.3 is 20.5 Å². The molecule has 0 radical (unpaired) electrons. The van der Waals surface area contributed by atoms with Crippen molar-refractivity contribution in [2.24, 2.45) is 5.73 Å². The van der Waals surface area contributed by atoms with Crippen molar-refractivity contribution in [3.63, 3.8) is 0 Å². The minimum Gasteiger partial charge on any atom is -0.491 e. The molecule has 17 heavy (non-hydrogen) atoms. The van der Waals surface area contributed by atoms with Gasteiger partial charge in [0, 0.05) is 12.6 Å². The molecule has 1 unspecified atom stereocenters. The van der Waals surface area contributed by atoms with E-state index in [9.17, 15) is 4.79 Å². The van der Waals surface area contributed by atoms with Crippen molar-refractivity contribution in [1.29, 1.82) is 0 Å². The zero-order chi connectivity index (χ0) is 12.3. The van der Waals surface area contributed by atoms with Crippen LogP contribution in [-0.2, 0) is 0 Å². The van der Waals surface area contributed by atoms with Crippen molar-refractivity contribution in [2.75, 3.05) is 13.2 Å². The number of para-hydroxylation sites is 1. The van der Waals surface area contributed by atoms with Crippen LogP contribution in [0.3, 0.4) is 0 Å². The van der Waals surface area contributed by atoms with Gasteiger partial charge in [0.15, 0.2) is 0 Å². The van der Waals surface area contributed by atoms with E-state index in [4.69, 9.17) is 15.6 Å². The lowest BCUT2D eigenvalue weighted by atomic mass is 10.2. The Labute approximate surface area is 99.8 Å². The Morgan fingerprint density at radius 2 is 2.18 bits per heavy atom. The van der Waals surface area contributed by atoms with Crippen LogP contribution in [0.2, 0.25) is 0 Å². The third kappa shape index (κ3) is 2.88. The first-order valence-corrected chi connectivity index (χ1v) is 5.60. The quantitative estimate of drug-likeness (QED) is 0.825. The van der Waals surface area contributed by atoms with Gasteiger partial charge in [0.25, 0.3) is 0 Å². The first-order chi connectivity index (χ1) is 8.16. The first-order valence-electron chi connectivity index (χ1n) is 5.60. The van der Waals surface area contributed by atoms with Gasteiger partial charge in [-0.3, -0.25) is 0 Å². The number of nitrogens with two attached hydrogens (primary N) is 1. The highest BCUT2D eigenvalue weighted by Gasteiger charge is 2.33. The number of hydrogen-bond acceptors (Lipinski definition) is 3. The van der Waals surface area contributed by atoms with Gasteiger partial charge in [-0.2, -0.15) is 0 Å².